The Labute approximate surface area is 255 Å². The molecule has 2 aliphatic rings. The third kappa shape index (κ3) is 9.29. The number of alkyl halides is 3. The van der Waals surface area contributed by atoms with E-state index in [0.717, 1.165) is 54.5 Å². The van der Waals surface area contributed by atoms with E-state index in [1.165, 1.54) is 0 Å². The molecule has 2 fully saturated rings. The average molecular weight is 643 g/mol. The first-order chi connectivity index (χ1) is 20.8. The van der Waals surface area contributed by atoms with Gasteiger partial charge in [0.2, 0.25) is 0 Å². The number of carbonyl (C=O) groups is 2. The van der Waals surface area contributed by atoms with Gasteiger partial charge < -0.3 is 28.8 Å². The van der Waals surface area contributed by atoms with Gasteiger partial charge in [0.25, 0.3) is 0 Å². The molecule has 45 heavy (non-hydrogen) atoms. The monoisotopic (exact) mass is 643 g/mol. The highest BCUT2D eigenvalue weighted by atomic mass is 19.4. The molecule has 3 heterocycles. The zero-order valence-corrected chi connectivity index (χ0v) is 25.1. The minimum atomic E-state index is -5.09. The van der Waals surface area contributed by atoms with Crippen molar-refractivity contribution in [1.82, 2.24) is 15.0 Å². The molecule has 1 aromatic heterocycles. The third-order valence-corrected chi connectivity index (χ3v) is 7.16. The van der Waals surface area contributed by atoms with Gasteiger partial charge in [-0.2, -0.15) is 13.2 Å². The number of esters is 2. The van der Waals surface area contributed by atoms with Crippen molar-refractivity contribution in [3.8, 4) is 0 Å². The van der Waals surface area contributed by atoms with Crippen LogP contribution in [0.25, 0.3) is 11.0 Å². The first kappa shape index (κ1) is 36.0. The maximum Gasteiger partial charge on any atom is 0.494 e. The molecule has 3 aromatic rings. The molecule has 5 rings (SSSR count). The fourth-order valence-electron chi connectivity index (χ4n) is 4.11. The second kappa shape index (κ2) is 14.3. The largest absolute Gasteiger partial charge is 0.494 e. The third-order valence-electron chi connectivity index (χ3n) is 7.16. The Morgan fingerprint density at radius 2 is 1.69 bits per heavy atom. The molecule has 0 aliphatic carbocycles. The molecular weight excluding hydrogens is 611 g/mol. The molecule has 2 saturated heterocycles. The Morgan fingerprint density at radius 1 is 1.04 bits per heavy atom. The highest BCUT2D eigenvalue weighted by molar-refractivity contribution is 6.62. The van der Waals surface area contributed by atoms with Gasteiger partial charge in [-0.3, -0.25) is 4.79 Å². The number of fused-ring (bicyclic) bond motifs is 1. The lowest BCUT2D eigenvalue weighted by Gasteiger charge is -2.32. The van der Waals surface area contributed by atoms with E-state index >= 15 is 0 Å². The molecule has 2 aliphatic heterocycles. The maximum atomic E-state index is 12.5. The first-order valence-corrected chi connectivity index (χ1v) is 13.7. The van der Waals surface area contributed by atoms with Gasteiger partial charge in [0.1, 0.15) is 17.2 Å². The topological polar surface area (TPSA) is 142 Å². The molecule has 0 saturated carbocycles. The quantitative estimate of drug-likeness (QED) is 0.190. The van der Waals surface area contributed by atoms with E-state index in [1.807, 2.05) is 22.9 Å². The van der Waals surface area contributed by atoms with Crippen molar-refractivity contribution in [2.75, 3.05) is 6.61 Å². The molecule has 2 N–H and O–H groups in total. The van der Waals surface area contributed by atoms with Gasteiger partial charge in [-0.05, 0) is 70.6 Å². The van der Waals surface area contributed by atoms with E-state index in [9.17, 15) is 31.5 Å². The summed E-state index contributed by atoms with van der Waals surface area (Å²) < 4.78 is 81.5. The molecule has 18 heteroatoms. The van der Waals surface area contributed by atoms with Crippen LogP contribution in [-0.4, -0.2) is 75.2 Å². The van der Waals surface area contributed by atoms with Gasteiger partial charge >= 0.3 is 32.4 Å². The standard InChI is InChI=1S/C17H24BN3O3.C6H5BF2O2.C4H3F3O3/c1-16(2)17(3,4)24-18(23-16)12-8-9-14-13(11-12)19-20-21(14)15-7-5-6-10-22-15;8-4-1-2-5(7(10)11)6(9)3-4;1-2(8)10-3(9)4(5,6)7/h8-9,11,15H,5-7,10H2,1-4H3;1-3,10-11H;1H3. The second-order valence-electron chi connectivity index (χ2n) is 11.1. The number of halogens is 5. The molecule has 0 amide bonds. The Morgan fingerprint density at radius 3 is 2.18 bits per heavy atom. The smallest absolute Gasteiger partial charge is 0.423 e. The van der Waals surface area contributed by atoms with Crippen molar-refractivity contribution < 1.29 is 60.4 Å². The van der Waals surface area contributed by atoms with Crippen LogP contribution in [0.3, 0.4) is 0 Å². The minimum Gasteiger partial charge on any atom is -0.423 e. The van der Waals surface area contributed by atoms with E-state index in [2.05, 4.69) is 42.7 Å². The van der Waals surface area contributed by atoms with Crippen molar-refractivity contribution >= 4 is 48.1 Å². The van der Waals surface area contributed by atoms with E-state index in [1.54, 1.807) is 0 Å². The van der Waals surface area contributed by atoms with Gasteiger partial charge in [0, 0.05) is 25.1 Å². The zero-order chi connectivity index (χ0) is 33.7. The number of rotatable bonds is 3. The van der Waals surface area contributed by atoms with Gasteiger partial charge in [0.15, 0.2) is 6.23 Å². The number of benzene rings is 2. The predicted octanol–water partition coefficient (Wildman–Crippen LogP) is 2.71. The van der Waals surface area contributed by atoms with Crippen LogP contribution < -0.4 is 10.9 Å². The molecule has 244 valence electrons. The van der Waals surface area contributed by atoms with Gasteiger partial charge in [-0.25, -0.2) is 18.3 Å². The van der Waals surface area contributed by atoms with Crippen LogP contribution in [0.15, 0.2) is 36.4 Å². The fraction of sp³-hybridized carbons (Fsp3) is 0.481. The van der Waals surface area contributed by atoms with Crippen molar-refractivity contribution in [3.05, 3.63) is 48.0 Å². The normalized spacial score (nSPS) is 18.8. The summed E-state index contributed by atoms with van der Waals surface area (Å²) in [4.78, 5) is 19.5. The van der Waals surface area contributed by atoms with Crippen LogP contribution in [-0.2, 0) is 28.4 Å². The van der Waals surface area contributed by atoms with Crippen molar-refractivity contribution in [3.63, 3.8) is 0 Å². The molecular formula is C27H32B2F5N3O8. The zero-order valence-electron chi connectivity index (χ0n) is 25.1. The lowest BCUT2D eigenvalue weighted by Crippen LogP contribution is -2.41. The van der Waals surface area contributed by atoms with Crippen LogP contribution in [0.5, 0.6) is 0 Å². The first-order valence-electron chi connectivity index (χ1n) is 13.7. The molecule has 0 spiro atoms. The van der Waals surface area contributed by atoms with Crippen LogP contribution in [0, 0.1) is 11.6 Å². The summed E-state index contributed by atoms with van der Waals surface area (Å²) in [5.74, 6) is -5.46. The number of carbonyl (C=O) groups excluding carboxylic acids is 2. The van der Waals surface area contributed by atoms with E-state index in [-0.39, 0.29) is 30.0 Å². The summed E-state index contributed by atoms with van der Waals surface area (Å²) in [6.07, 6.45) is -1.83. The number of hydrogen-bond acceptors (Lipinski definition) is 10. The molecule has 11 nitrogen and oxygen atoms in total. The fourth-order valence-corrected chi connectivity index (χ4v) is 4.11. The molecule has 1 atom stereocenters. The number of aromatic nitrogens is 3. The summed E-state index contributed by atoms with van der Waals surface area (Å²) in [6, 6.07) is 8.60. The Balaban J connectivity index is 0.000000219. The summed E-state index contributed by atoms with van der Waals surface area (Å²) in [6.45, 7) is 9.73. The van der Waals surface area contributed by atoms with Crippen LogP contribution >= 0.6 is 0 Å². The highest BCUT2D eigenvalue weighted by Crippen LogP contribution is 2.36. The lowest BCUT2D eigenvalue weighted by molar-refractivity contribution is -0.201. The van der Waals surface area contributed by atoms with E-state index in [4.69, 9.17) is 24.1 Å². The Kier molecular flexibility index (Phi) is 11.5. The summed E-state index contributed by atoms with van der Waals surface area (Å²) in [5.41, 5.74) is 1.78. The summed E-state index contributed by atoms with van der Waals surface area (Å²) in [5, 5.41) is 25.6. The van der Waals surface area contributed by atoms with Gasteiger partial charge in [0.05, 0.1) is 16.7 Å². The summed E-state index contributed by atoms with van der Waals surface area (Å²) >= 11 is 0. The highest BCUT2D eigenvalue weighted by Gasteiger charge is 2.51. The lowest BCUT2D eigenvalue weighted by atomic mass is 9.79. The van der Waals surface area contributed by atoms with Crippen LogP contribution in [0.1, 0.15) is 60.1 Å². The summed E-state index contributed by atoms with van der Waals surface area (Å²) in [7, 11) is -2.27. The van der Waals surface area contributed by atoms with Crippen LogP contribution in [0.2, 0.25) is 0 Å². The molecule has 0 bridgehead atoms. The average Bonchev–Trinajstić information content (AvgIpc) is 3.45. The van der Waals surface area contributed by atoms with Gasteiger partial charge in [-0.15, -0.1) is 5.10 Å². The number of ether oxygens (including phenoxy) is 2. The van der Waals surface area contributed by atoms with E-state index in [0.29, 0.717) is 13.0 Å². The van der Waals surface area contributed by atoms with Gasteiger partial charge in [-0.1, -0.05) is 17.3 Å². The maximum absolute atomic E-state index is 12.5. The van der Waals surface area contributed by atoms with Crippen LogP contribution in [0.4, 0.5) is 22.0 Å². The molecule has 2 aromatic carbocycles. The molecule has 0 radical (unpaired) electrons. The Bertz CT molecular complexity index is 1480. The number of nitrogens with zero attached hydrogens (tertiary/aromatic N) is 3. The molecule has 1 unspecified atom stereocenters. The second-order valence-corrected chi connectivity index (χ2v) is 11.1. The predicted molar refractivity (Wildman–Crippen MR) is 151 cm³/mol. The number of hydrogen-bond donors (Lipinski definition) is 2. The SMILES string of the molecule is CC(=O)OC(=O)C(F)(F)F.CC1(C)OB(c2ccc3c(c2)nnn3C2CCCCO2)OC1(C)C.OB(O)c1ccc(F)cc1F. The van der Waals surface area contributed by atoms with Crippen molar-refractivity contribution in [2.24, 2.45) is 0 Å². The Hall–Kier alpha value is -3.44. The van der Waals surface area contributed by atoms with Crippen molar-refractivity contribution in [2.45, 2.75) is 77.5 Å². The minimum absolute atomic E-state index is 0.00792. The van der Waals surface area contributed by atoms with E-state index < -0.39 is 36.9 Å². The van der Waals surface area contributed by atoms with Crippen molar-refractivity contribution in [1.29, 1.82) is 0 Å².